The van der Waals surface area contributed by atoms with Gasteiger partial charge in [0, 0.05) is 67.3 Å². The Labute approximate surface area is 206 Å². The maximum absolute atomic E-state index is 11.6. The number of H-pyrrole nitrogens is 1. The van der Waals surface area contributed by atoms with Crippen molar-refractivity contribution in [2.45, 2.75) is 32.6 Å². The molecule has 0 saturated carbocycles. The van der Waals surface area contributed by atoms with Crippen LogP contribution in [0.1, 0.15) is 30.9 Å². The van der Waals surface area contributed by atoms with Crippen LogP contribution in [0.15, 0.2) is 55.2 Å². The number of aromatic amines is 1. The van der Waals surface area contributed by atoms with Gasteiger partial charge in [-0.05, 0) is 80.3 Å². The standard InChI is InChI=1S/C27H33N7O/c1-20(35)31-23-7-10-27(33-13-11-32(2)12-14-33)21(15-23)5-3-4-6-22-17-28-26-9-8-24(16-25(22)26)34-18-29-30-19-34/h7-10,15-19,28H,3-6,11-14H2,1-2H3,(H,31,35). The molecule has 2 N–H and O–H groups in total. The normalized spacial score (nSPS) is 14.5. The van der Waals surface area contributed by atoms with E-state index in [1.54, 1.807) is 19.6 Å². The Kier molecular flexibility index (Phi) is 6.81. The highest BCUT2D eigenvalue weighted by molar-refractivity contribution is 5.89. The third kappa shape index (κ3) is 5.38. The van der Waals surface area contributed by atoms with Gasteiger partial charge in [-0.15, -0.1) is 10.2 Å². The number of benzene rings is 2. The number of aromatic nitrogens is 4. The summed E-state index contributed by atoms with van der Waals surface area (Å²) in [4.78, 5) is 19.9. The SMILES string of the molecule is CC(=O)Nc1ccc(N2CCN(C)CC2)c(CCCCc2c[nH]c3ccc(-n4cnnc4)cc23)c1. The van der Waals surface area contributed by atoms with Crippen molar-refractivity contribution in [1.82, 2.24) is 24.6 Å². The van der Waals surface area contributed by atoms with E-state index in [1.807, 2.05) is 10.6 Å². The molecule has 1 aliphatic rings. The molecule has 0 spiro atoms. The molecule has 0 unspecified atom stereocenters. The summed E-state index contributed by atoms with van der Waals surface area (Å²) in [6, 6.07) is 12.8. The zero-order valence-electron chi connectivity index (χ0n) is 20.5. The number of amides is 1. The lowest BCUT2D eigenvalue weighted by Gasteiger charge is -2.35. The van der Waals surface area contributed by atoms with Gasteiger partial charge in [0.2, 0.25) is 5.91 Å². The molecule has 182 valence electrons. The zero-order chi connectivity index (χ0) is 24.2. The fraction of sp³-hybridized carbons (Fsp3) is 0.370. The lowest BCUT2D eigenvalue weighted by Crippen LogP contribution is -2.44. The van der Waals surface area contributed by atoms with Gasteiger partial charge in [-0.3, -0.25) is 9.36 Å². The number of carbonyl (C=O) groups excluding carboxylic acids is 1. The van der Waals surface area contributed by atoms with Gasteiger partial charge >= 0.3 is 0 Å². The van der Waals surface area contributed by atoms with Crippen LogP contribution < -0.4 is 10.2 Å². The lowest BCUT2D eigenvalue weighted by molar-refractivity contribution is -0.114. The van der Waals surface area contributed by atoms with E-state index >= 15 is 0 Å². The number of nitrogens with zero attached hydrogens (tertiary/aromatic N) is 5. The summed E-state index contributed by atoms with van der Waals surface area (Å²) in [5.41, 5.74) is 7.05. The summed E-state index contributed by atoms with van der Waals surface area (Å²) in [6.45, 7) is 5.78. The van der Waals surface area contributed by atoms with Gasteiger partial charge in [0.05, 0.1) is 0 Å². The van der Waals surface area contributed by atoms with Gasteiger partial charge in [0.15, 0.2) is 0 Å². The third-order valence-corrected chi connectivity index (χ3v) is 6.85. The van der Waals surface area contributed by atoms with Gasteiger partial charge in [0.25, 0.3) is 0 Å². The Balaban J connectivity index is 1.27. The van der Waals surface area contributed by atoms with Crippen molar-refractivity contribution in [2.24, 2.45) is 0 Å². The smallest absolute Gasteiger partial charge is 0.221 e. The van der Waals surface area contributed by atoms with E-state index in [2.05, 4.69) is 73.9 Å². The van der Waals surface area contributed by atoms with Crippen LogP contribution in [0.25, 0.3) is 16.6 Å². The largest absolute Gasteiger partial charge is 0.369 e. The molecule has 0 radical (unpaired) electrons. The molecule has 2 aromatic carbocycles. The molecule has 4 aromatic rings. The predicted molar refractivity (Wildman–Crippen MR) is 140 cm³/mol. The number of hydrogen-bond acceptors (Lipinski definition) is 5. The molecule has 8 nitrogen and oxygen atoms in total. The first-order valence-corrected chi connectivity index (χ1v) is 12.4. The van der Waals surface area contributed by atoms with E-state index in [4.69, 9.17) is 0 Å². The Morgan fingerprint density at radius 3 is 2.46 bits per heavy atom. The Bertz CT molecular complexity index is 1290. The molecule has 3 heterocycles. The number of piperazine rings is 1. The second-order valence-corrected chi connectivity index (χ2v) is 9.44. The van der Waals surface area contributed by atoms with Crippen molar-refractivity contribution in [3.63, 3.8) is 0 Å². The Morgan fingerprint density at radius 1 is 0.971 bits per heavy atom. The first-order chi connectivity index (χ1) is 17.1. The number of nitrogens with one attached hydrogen (secondary N) is 2. The molecule has 5 rings (SSSR count). The lowest BCUT2D eigenvalue weighted by atomic mass is 10.0. The van der Waals surface area contributed by atoms with Crippen LogP contribution in [-0.4, -0.2) is 63.8 Å². The predicted octanol–water partition coefficient (Wildman–Crippen LogP) is 4.02. The molecule has 1 amide bonds. The topological polar surface area (TPSA) is 82.1 Å². The van der Waals surface area contributed by atoms with Crippen LogP contribution in [0, 0.1) is 0 Å². The van der Waals surface area contributed by atoms with Gasteiger partial charge in [-0.2, -0.15) is 0 Å². The van der Waals surface area contributed by atoms with Gasteiger partial charge in [-0.1, -0.05) is 0 Å². The number of anilines is 2. The average molecular weight is 472 g/mol. The fourth-order valence-electron chi connectivity index (χ4n) is 4.92. The highest BCUT2D eigenvalue weighted by Gasteiger charge is 2.17. The molecule has 1 aliphatic heterocycles. The van der Waals surface area contributed by atoms with Crippen molar-refractivity contribution in [1.29, 1.82) is 0 Å². The monoisotopic (exact) mass is 471 g/mol. The Morgan fingerprint density at radius 2 is 1.71 bits per heavy atom. The number of aryl methyl sites for hydroxylation is 2. The van der Waals surface area contributed by atoms with Crippen LogP contribution in [0.5, 0.6) is 0 Å². The van der Waals surface area contributed by atoms with E-state index in [9.17, 15) is 4.79 Å². The second kappa shape index (κ2) is 10.3. The van der Waals surface area contributed by atoms with Crippen molar-refractivity contribution < 1.29 is 4.79 Å². The number of fused-ring (bicyclic) bond motifs is 1. The molecule has 0 atom stereocenters. The van der Waals surface area contributed by atoms with E-state index < -0.39 is 0 Å². The van der Waals surface area contributed by atoms with Crippen molar-refractivity contribution in [2.75, 3.05) is 43.4 Å². The number of carbonyl (C=O) groups is 1. The molecule has 8 heteroatoms. The maximum Gasteiger partial charge on any atom is 0.221 e. The highest BCUT2D eigenvalue weighted by atomic mass is 16.1. The van der Waals surface area contributed by atoms with Gasteiger partial charge in [-0.25, -0.2) is 0 Å². The number of hydrogen-bond donors (Lipinski definition) is 2. The fourth-order valence-corrected chi connectivity index (χ4v) is 4.92. The van der Waals surface area contributed by atoms with Crippen LogP contribution in [0.3, 0.4) is 0 Å². The van der Waals surface area contributed by atoms with E-state index in [-0.39, 0.29) is 5.91 Å². The quantitative estimate of drug-likeness (QED) is 0.379. The van der Waals surface area contributed by atoms with Crippen LogP contribution in [0.4, 0.5) is 11.4 Å². The maximum atomic E-state index is 11.6. The molecule has 0 bridgehead atoms. The van der Waals surface area contributed by atoms with E-state index in [1.165, 1.54) is 22.2 Å². The van der Waals surface area contributed by atoms with Crippen LogP contribution in [-0.2, 0) is 17.6 Å². The molecule has 0 aliphatic carbocycles. The summed E-state index contributed by atoms with van der Waals surface area (Å²) in [5.74, 6) is -0.0338. The minimum Gasteiger partial charge on any atom is -0.369 e. The van der Waals surface area contributed by atoms with E-state index in [0.717, 1.165) is 68.8 Å². The summed E-state index contributed by atoms with van der Waals surface area (Å²) in [7, 11) is 2.18. The minimum atomic E-state index is -0.0338. The molecular formula is C27H33N7O. The summed E-state index contributed by atoms with van der Waals surface area (Å²) in [5, 5.41) is 12.0. The molecule has 2 aromatic heterocycles. The number of likely N-dealkylation sites (N-methyl/N-ethyl adjacent to an activating group) is 1. The number of unbranched alkanes of at least 4 members (excludes halogenated alkanes) is 1. The molecule has 1 saturated heterocycles. The van der Waals surface area contributed by atoms with Crippen LogP contribution >= 0.6 is 0 Å². The van der Waals surface area contributed by atoms with Crippen molar-refractivity contribution in [3.8, 4) is 5.69 Å². The summed E-state index contributed by atoms with van der Waals surface area (Å²) < 4.78 is 1.93. The van der Waals surface area contributed by atoms with Crippen LogP contribution in [0.2, 0.25) is 0 Å². The number of rotatable bonds is 8. The van der Waals surface area contributed by atoms with Crippen molar-refractivity contribution >= 4 is 28.2 Å². The summed E-state index contributed by atoms with van der Waals surface area (Å²) >= 11 is 0. The zero-order valence-corrected chi connectivity index (χ0v) is 20.5. The second-order valence-electron chi connectivity index (χ2n) is 9.44. The van der Waals surface area contributed by atoms with Gasteiger partial charge < -0.3 is 20.1 Å². The highest BCUT2D eigenvalue weighted by Crippen LogP contribution is 2.28. The minimum absolute atomic E-state index is 0.0338. The molecule has 35 heavy (non-hydrogen) atoms. The molecular weight excluding hydrogens is 438 g/mol. The first kappa shape index (κ1) is 23.1. The average Bonchev–Trinajstić information content (AvgIpc) is 3.52. The van der Waals surface area contributed by atoms with Gasteiger partial charge in [0.1, 0.15) is 12.7 Å². The van der Waals surface area contributed by atoms with E-state index in [0.29, 0.717) is 0 Å². The first-order valence-electron chi connectivity index (χ1n) is 12.4. The summed E-state index contributed by atoms with van der Waals surface area (Å²) in [6.07, 6.45) is 9.76. The Hall–Kier alpha value is -3.65. The third-order valence-electron chi connectivity index (χ3n) is 6.85. The van der Waals surface area contributed by atoms with Crippen molar-refractivity contribution in [3.05, 3.63) is 66.4 Å². The molecule has 1 fully saturated rings.